The fourth-order valence-electron chi connectivity index (χ4n) is 2.65. The summed E-state index contributed by atoms with van der Waals surface area (Å²) in [6.45, 7) is 3.16. The van der Waals surface area contributed by atoms with Crippen molar-refractivity contribution in [3.05, 3.63) is 65.7 Å². The predicted molar refractivity (Wildman–Crippen MR) is 108 cm³/mol. The number of amides is 1. The van der Waals surface area contributed by atoms with Gasteiger partial charge in [-0.05, 0) is 48.4 Å². The van der Waals surface area contributed by atoms with E-state index in [1.807, 2.05) is 60.4 Å². The Morgan fingerprint density at radius 1 is 1.07 bits per heavy atom. The number of rotatable bonds is 8. The third kappa shape index (κ3) is 6.34. The van der Waals surface area contributed by atoms with E-state index in [0.717, 1.165) is 22.5 Å². The van der Waals surface area contributed by atoms with Gasteiger partial charge in [-0.3, -0.25) is 4.79 Å². The molecule has 0 fully saturated rings. The molecule has 5 heteroatoms. The summed E-state index contributed by atoms with van der Waals surface area (Å²) in [4.78, 5) is 14.1. The van der Waals surface area contributed by atoms with Crippen LogP contribution in [0.25, 0.3) is 6.08 Å². The lowest BCUT2D eigenvalue weighted by atomic mass is 10.1. The highest BCUT2D eigenvalue weighted by atomic mass is 16.1. The number of nitrogens with zero attached hydrogens (tertiary/aromatic N) is 3. The van der Waals surface area contributed by atoms with Gasteiger partial charge in [0.2, 0.25) is 5.91 Å². The molecular formula is C22H22N4O. The van der Waals surface area contributed by atoms with Crippen molar-refractivity contribution in [2.45, 2.75) is 19.8 Å². The molecule has 0 heterocycles. The number of carbonyl (C=O) groups excluding carboxylic acids is 1. The minimum absolute atomic E-state index is 0.186. The Balaban J connectivity index is 2.07. The molecule has 5 nitrogen and oxygen atoms in total. The lowest BCUT2D eigenvalue weighted by molar-refractivity contribution is -0.111. The number of hydrogen-bond donors (Lipinski definition) is 1. The zero-order valence-electron chi connectivity index (χ0n) is 15.4. The fraction of sp³-hybridized carbons (Fsp3) is 0.227. The Morgan fingerprint density at radius 2 is 1.74 bits per heavy atom. The van der Waals surface area contributed by atoms with Gasteiger partial charge in [-0.1, -0.05) is 24.3 Å². The summed E-state index contributed by atoms with van der Waals surface area (Å²) in [7, 11) is 0. The van der Waals surface area contributed by atoms with E-state index < -0.39 is 0 Å². The van der Waals surface area contributed by atoms with E-state index in [1.54, 1.807) is 6.08 Å². The molecule has 0 unspecified atom stereocenters. The Kier molecular flexibility index (Phi) is 7.63. The summed E-state index contributed by atoms with van der Waals surface area (Å²) in [5.74, 6) is -0.186. The maximum absolute atomic E-state index is 12.0. The van der Waals surface area contributed by atoms with Crippen LogP contribution in [0.2, 0.25) is 0 Å². The van der Waals surface area contributed by atoms with E-state index in [-0.39, 0.29) is 5.91 Å². The van der Waals surface area contributed by atoms with Gasteiger partial charge in [-0.2, -0.15) is 10.5 Å². The molecule has 1 N–H and O–H groups in total. The van der Waals surface area contributed by atoms with Crippen LogP contribution in [0.1, 0.15) is 24.0 Å². The molecule has 2 rings (SSSR count). The van der Waals surface area contributed by atoms with Crippen molar-refractivity contribution in [2.75, 3.05) is 23.3 Å². The topological polar surface area (TPSA) is 79.9 Å². The molecule has 1 amide bonds. The van der Waals surface area contributed by atoms with Crippen LogP contribution in [-0.2, 0) is 4.79 Å². The molecule has 27 heavy (non-hydrogen) atoms. The number of para-hydroxylation sites is 1. The number of anilines is 2. The maximum Gasteiger partial charge on any atom is 0.248 e. The highest BCUT2D eigenvalue weighted by Gasteiger charge is 2.08. The first-order valence-electron chi connectivity index (χ1n) is 8.77. The lowest BCUT2D eigenvalue weighted by Crippen LogP contribution is -2.25. The van der Waals surface area contributed by atoms with Gasteiger partial charge in [-0.15, -0.1) is 0 Å². The molecule has 0 radical (unpaired) electrons. The van der Waals surface area contributed by atoms with Crippen LogP contribution in [0.5, 0.6) is 0 Å². The van der Waals surface area contributed by atoms with Gasteiger partial charge in [0.25, 0.3) is 0 Å². The van der Waals surface area contributed by atoms with Crippen LogP contribution in [0, 0.1) is 29.6 Å². The second-order valence-electron chi connectivity index (χ2n) is 6.03. The standard InChI is InChI=1S/C22H22N4O/c1-18-17-21(26(15-5-13-23)16-6-14-24)11-9-19(18)10-12-22(27)25-20-7-3-2-4-8-20/h2-4,7-12,17H,5-6,15-16H2,1H3,(H,25,27)/b12-10-. The average molecular weight is 358 g/mol. The molecule has 0 aromatic heterocycles. The molecular weight excluding hydrogens is 336 g/mol. The van der Waals surface area contributed by atoms with E-state index in [1.165, 1.54) is 6.08 Å². The van der Waals surface area contributed by atoms with Crippen molar-refractivity contribution in [1.29, 1.82) is 10.5 Å². The van der Waals surface area contributed by atoms with Crippen LogP contribution in [0.3, 0.4) is 0 Å². The van der Waals surface area contributed by atoms with Crippen LogP contribution in [-0.4, -0.2) is 19.0 Å². The molecule has 2 aromatic rings. The Labute approximate surface area is 160 Å². The van der Waals surface area contributed by atoms with Gasteiger partial charge in [0.05, 0.1) is 25.0 Å². The number of nitrogens with one attached hydrogen (secondary N) is 1. The molecule has 0 bridgehead atoms. The zero-order chi connectivity index (χ0) is 19.5. The Morgan fingerprint density at radius 3 is 2.33 bits per heavy atom. The smallest absolute Gasteiger partial charge is 0.248 e. The molecule has 0 atom stereocenters. The fourth-order valence-corrected chi connectivity index (χ4v) is 2.65. The van der Waals surface area contributed by atoms with E-state index in [0.29, 0.717) is 25.9 Å². The number of benzene rings is 2. The molecule has 136 valence electrons. The second kappa shape index (κ2) is 10.4. The van der Waals surface area contributed by atoms with Gasteiger partial charge in [-0.25, -0.2) is 0 Å². The Hall–Kier alpha value is -3.57. The van der Waals surface area contributed by atoms with Crippen molar-refractivity contribution in [3.63, 3.8) is 0 Å². The van der Waals surface area contributed by atoms with E-state index in [2.05, 4.69) is 17.5 Å². The summed E-state index contributed by atoms with van der Waals surface area (Å²) in [5, 5.41) is 20.5. The molecule has 0 saturated heterocycles. The quantitative estimate of drug-likeness (QED) is 0.714. The van der Waals surface area contributed by atoms with Gasteiger partial charge < -0.3 is 10.2 Å². The van der Waals surface area contributed by atoms with Gasteiger partial charge in [0.15, 0.2) is 0 Å². The normalized spacial score (nSPS) is 10.2. The highest BCUT2D eigenvalue weighted by molar-refractivity contribution is 6.02. The monoisotopic (exact) mass is 358 g/mol. The highest BCUT2D eigenvalue weighted by Crippen LogP contribution is 2.21. The van der Waals surface area contributed by atoms with Crippen molar-refractivity contribution in [1.82, 2.24) is 0 Å². The predicted octanol–water partition coefficient (Wildman–Crippen LogP) is 4.28. The number of nitriles is 2. The van der Waals surface area contributed by atoms with Crippen LogP contribution >= 0.6 is 0 Å². The SMILES string of the molecule is Cc1cc(N(CCC#N)CCC#N)ccc1/C=C\C(=O)Nc1ccccc1. The first kappa shape index (κ1) is 19.8. The van der Waals surface area contributed by atoms with Crippen molar-refractivity contribution >= 4 is 23.4 Å². The summed E-state index contributed by atoms with van der Waals surface area (Å²) in [6, 6.07) is 19.5. The molecule has 2 aromatic carbocycles. The molecule has 0 saturated carbocycles. The van der Waals surface area contributed by atoms with E-state index in [4.69, 9.17) is 10.5 Å². The van der Waals surface area contributed by atoms with Gasteiger partial charge >= 0.3 is 0 Å². The van der Waals surface area contributed by atoms with Crippen LogP contribution in [0.15, 0.2) is 54.6 Å². The van der Waals surface area contributed by atoms with Crippen molar-refractivity contribution < 1.29 is 4.79 Å². The largest absolute Gasteiger partial charge is 0.369 e. The summed E-state index contributed by atoms with van der Waals surface area (Å²) < 4.78 is 0. The number of carbonyl (C=O) groups is 1. The summed E-state index contributed by atoms with van der Waals surface area (Å²) in [6.07, 6.45) is 4.11. The maximum atomic E-state index is 12.0. The summed E-state index contributed by atoms with van der Waals surface area (Å²) in [5.41, 5.74) is 3.70. The van der Waals surface area contributed by atoms with E-state index in [9.17, 15) is 4.79 Å². The Bertz CT molecular complexity index is 857. The molecule has 0 aliphatic carbocycles. The number of aryl methyl sites for hydroxylation is 1. The van der Waals surface area contributed by atoms with Crippen molar-refractivity contribution in [2.24, 2.45) is 0 Å². The minimum Gasteiger partial charge on any atom is -0.369 e. The molecule has 0 aliphatic heterocycles. The summed E-state index contributed by atoms with van der Waals surface area (Å²) >= 11 is 0. The average Bonchev–Trinajstić information content (AvgIpc) is 2.68. The van der Waals surface area contributed by atoms with Gasteiger partial charge in [0, 0.05) is 30.5 Å². The van der Waals surface area contributed by atoms with Crippen molar-refractivity contribution in [3.8, 4) is 12.1 Å². The van der Waals surface area contributed by atoms with Gasteiger partial charge in [0.1, 0.15) is 0 Å². The first-order valence-corrected chi connectivity index (χ1v) is 8.77. The minimum atomic E-state index is -0.186. The van der Waals surface area contributed by atoms with E-state index >= 15 is 0 Å². The lowest BCUT2D eigenvalue weighted by Gasteiger charge is -2.23. The van der Waals surface area contributed by atoms with Crippen LogP contribution in [0.4, 0.5) is 11.4 Å². The number of hydrogen-bond acceptors (Lipinski definition) is 4. The van der Waals surface area contributed by atoms with Crippen LogP contribution < -0.4 is 10.2 Å². The zero-order valence-corrected chi connectivity index (χ0v) is 15.4. The second-order valence-corrected chi connectivity index (χ2v) is 6.03. The third-order valence-electron chi connectivity index (χ3n) is 4.06. The molecule has 0 aliphatic rings. The first-order chi connectivity index (χ1) is 13.1. The molecule has 0 spiro atoms. The third-order valence-corrected chi connectivity index (χ3v) is 4.06.